The van der Waals surface area contributed by atoms with Gasteiger partial charge in [0, 0.05) is 24.7 Å². The molecule has 114 valence electrons. The summed E-state index contributed by atoms with van der Waals surface area (Å²) in [5, 5.41) is 11.9. The van der Waals surface area contributed by atoms with Crippen LogP contribution in [0.1, 0.15) is 18.9 Å². The number of aliphatic carboxylic acids is 1. The zero-order chi connectivity index (χ0) is 15.2. The number of carboxylic acids is 1. The van der Waals surface area contributed by atoms with Crippen LogP contribution in [0.25, 0.3) is 0 Å². The van der Waals surface area contributed by atoms with Crippen molar-refractivity contribution in [2.75, 3.05) is 12.3 Å². The maximum Gasteiger partial charge on any atom is 0.327 e. The summed E-state index contributed by atoms with van der Waals surface area (Å²) in [6.45, 7) is 2.42. The van der Waals surface area contributed by atoms with E-state index in [4.69, 9.17) is 0 Å². The Labute approximate surface area is 127 Å². The van der Waals surface area contributed by atoms with Crippen LogP contribution < -0.4 is 5.32 Å². The fourth-order valence-electron chi connectivity index (χ4n) is 2.29. The van der Waals surface area contributed by atoms with E-state index in [0.29, 0.717) is 18.7 Å². The molecular formula is C14H19N3O3S. The first kappa shape index (κ1) is 15.6. The highest BCUT2D eigenvalue weighted by Gasteiger charge is 2.40. The summed E-state index contributed by atoms with van der Waals surface area (Å²) in [6.07, 6.45) is 4.87. The van der Waals surface area contributed by atoms with Gasteiger partial charge in [0.2, 0.25) is 0 Å². The van der Waals surface area contributed by atoms with E-state index in [2.05, 4.69) is 10.3 Å². The zero-order valence-electron chi connectivity index (χ0n) is 11.9. The van der Waals surface area contributed by atoms with Gasteiger partial charge in [-0.1, -0.05) is 13.0 Å². The van der Waals surface area contributed by atoms with Crippen molar-refractivity contribution in [2.45, 2.75) is 31.2 Å². The minimum Gasteiger partial charge on any atom is -0.480 e. The molecule has 2 unspecified atom stereocenters. The van der Waals surface area contributed by atoms with Crippen molar-refractivity contribution >= 4 is 23.8 Å². The van der Waals surface area contributed by atoms with Gasteiger partial charge in [-0.05, 0) is 24.5 Å². The third-order valence-corrected chi connectivity index (χ3v) is 4.83. The molecular weight excluding hydrogens is 290 g/mol. The van der Waals surface area contributed by atoms with Crippen LogP contribution >= 0.6 is 11.8 Å². The molecule has 1 aliphatic heterocycles. The fourth-order valence-corrected chi connectivity index (χ4v) is 3.64. The predicted molar refractivity (Wildman–Crippen MR) is 81.1 cm³/mol. The molecule has 1 saturated heterocycles. The van der Waals surface area contributed by atoms with Gasteiger partial charge in [-0.2, -0.15) is 0 Å². The van der Waals surface area contributed by atoms with Gasteiger partial charge in [-0.15, -0.1) is 11.8 Å². The minimum atomic E-state index is -0.944. The highest BCUT2D eigenvalue weighted by Crippen LogP contribution is 2.31. The van der Waals surface area contributed by atoms with Crippen molar-refractivity contribution in [3.8, 4) is 0 Å². The summed E-state index contributed by atoms with van der Waals surface area (Å²) < 4.78 is 0. The van der Waals surface area contributed by atoms with Crippen molar-refractivity contribution in [3.05, 3.63) is 30.1 Å². The normalized spacial score (nSPS) is 21.3. The van der Waals surface area contributed by atoms with Gasteiger partial charge in [0.25, 0.3) is 0 Å². The quantitative estimate of drug-likeness (QED) is 0.863. The van der Waals surface area contributed by atoms with E-state index in [1.54, 1.807) is 12.4 Å². The van der Waals surface area contributed by atoms with E-state index in [1.165, 1.54) is 16.7 Å². The second kappa shape index (κ2) is 7.31. The molecule has 2 heterocycles. The molecule has 0 aliphatic carbocycles. The number of carbonyl (C=O) groups is 2. The molecule has 1 fully saturated rings. The highest BCUT2D eigenvalue weighted by atomic mass is 32.2. The maximum absolute atomic E-state index is 12.2. The van der Waals surface area contributed by atoms with E-state index in [1.807, 2.05) is 19.1 Å². The molecule has 1 aromatic heterocycles. The summed E-state index contributed by atoms with van der Waals surface area (Å²) in [5.41, 5.74) is 1.04. The summed E-state index contributed by atoms with van der Waals surface area (Å²) in [6, 6.07) is 2.75. The third-order valence-electron chi connectivity index (χ3n) is 3.37. The number of carboxylic acid groups (broad SMARTS) is 1. The Balaban J connectivity index is 1.90. The van der Waals surface area contributed by atoms with Crippen molar-refractivity contribution in [1.29, 1.82) is 0 Å². The molecule has 0 spiro atoms. The lowest BCUT2D eigenvalue weighted by Gasteiger charge is -2.26. The number of hydrogen-bond acceptors (Lipinski definition) is 4. The molecule has 1 aromatic rings. The second-order valence-corrected chi connectivity index (χ2v) is 6.01. The van der Waals surface area contributed by atoms with Crippen LogP contribution in [-0.2, 0) is 11.2 Å². The first-order valence-corrected chi connectivity index (χ1v) is 7.97. The first-order chi connectivity index (χ1) is 10.1. The van der Waals surface area contributed by atoms with Gasteiger partial charge in [0.15, 0.2) is 0 Å². The van der Waals surface area contributed by atoms with Crippen LogP contribution in [0.15, 0.2) is 24.5 Å². The van der Waals surface area contributed by atoms with Crippen molar-refractivity contribution in [1.82, 2.24) is 15.2 Å². The summed E-state index contributed by atoms with van der Waals surface area (Å²) >= 11 is 1.52. The van der Waals surface area contributed by atoms with E-state index < -0.39 is 12.0 Å². The van der Waals surface area contributed by atoms with Crippen LogP contribution in [0.4, 0.5) is 4.79 Å². The van der Waals surface area contributed by atoms with Gasteiger partial charge in [0.05, 0.1) is 5.37 Å². The Kier molecular flexibility index (Phi) is 5.44. The number of aromatic nitrogens is 1. The molecule has 0 radical (unpaired) electrons. The molecule has 2 atom stereocenters. The van der Waals surface area contributed by atoms with E-state index in [9.17, 15) is 14.7 Å². The highest BCUT2D eigenvalue weighted by molar-refractivity contribution is 8.00. The monoisotopic (exact) mass is 309 g/mol. The van der Waals surface area contributed by atoms with Crippen LogP contribution in [0.3, 0.4) is 0 Å². The Morgan fingerprint density at radius 1 is 1.57 bits per heavy atom. The van der Waals surface area contributed by atoms with Crippen LogP contribution in [0.5, 0.6) is 0 Å². The van der Waals surface area contributed by atoms with E-state index >= 15 is 0 Å². The van der Waals surface area contributed by atoms with Gasteiger partial charge in [-0.3, -0.25) is 9.88 Å². The standard InChI is InChI=1S/C14H19N3O3S/c1-2-12-17(11(9-21-12)13(18)19)14(20)16-7-5-10-4-3-6-15-8-10/h3-4,6,8,11-12H,2,5,7,9H2,1H3,(H,16,20)(H,18,19). The second-order valence-electron chi connectivity index (χ2n) is 4.80. The van der Waals surface area contributed by atoms with Gasteiger partial charge >= 0.3 is 12.0 Å². The third kappa shape index (κ3) is 3.87. The SMILES string of the molecule is CCC1SCC(C(=O)O)N1C(=O)NCCc1cccnc1. The summed E-state index contributed by atoms with van der Waals surface area (Å²) in [4.78, 5) is 28.9. The number of carbonyl (C=O) groups excluding carboxylic acids is 1. The molecule has 7 heteroatoms. The summed E-state index contributed by atoms with van der Waals surface area (Å²) in [7, 11) is 0. The number of urea groups is 1. The average Bonchev–Trinajstić information content (AvgIpc) is 2.92. The number of rotatable bonds is 5. The van der Waals surface area contributed by atoms with Crippen LogP contribution in [0, 0.1) is 0 Å². The Hall–Kier alpha value is -1.76. The van der Waals surface area contributed by atoms with Gasteiger partial charge < -0.3 is 10.4 Å². The first-order valence-electron chi connectivity index (χ1n) is 6.93. The number of nitrogens with one attached hydrogen (secondary N) is 1. The lowest BCUT2D eigenvalue weighted by Crippen LogP contribution is -2.50. The fraction of sp³-hybridized carbons (Fsp3) is 0.500. The Morgan fingerprint density at radius 2 is 2.38 bits per heavy atom. The summed E-state index contributed by atoms with van der Waals surface area (Å²) in [5.74, 6) is -0.495. The number of hydrogen-bond donors (Lipinski definition) is 2. The minimum absolute atomic E-state index is 0.0653. The molecule has 2 amide bonds. The number of pyridine rings is 1. The topological polar surface area (TPSA) is 82.5 Å². The average molecular weight is 309 g/mol. The molecule has 2 rings (SSSR count). The number of nitrogens with zero attached hydrogens (tertiary/aromatic N) is 2. The number of thioether (sulfide) groups is 1. The Bertz CT molecular complexity index is 497. The zero-order valence-corrected chi connectivity index (χ0v) is 12.7. The number of amides is 2. The Morgan fingerprint density at radius 3 is 3.00 bits per heavy atom. The molecule has 1 aliphatic rings. The van der Waals surface area contributed by atoms with Crippen LogP contribution in [-0.4, -0.2) is 50.7 Å². The van der Waals surface area contributed by atoms with Crippen molar-refractivity contribution < 1.29 is 14.7 Å². The lowest BCUT2D eigenvalue weighted by molar-refractivity contribution is -0.141. The largest absolute Gasteiger partial charge is 0.480 e. The van der Waals surface area contributed by atoms with Gasteiger partial charge in [-0.25, -0.2) is 9.59 Å². The molecule has 21 heavy (non-hydrogen) atoms. The molecule has 0 aromatic carbocycles. The van der Waals surface area contributed by atoms with Gasteiger partial charge in [0.1, 0.15) is 6.04 Å². The maximum atomic E-state index is 12.2. The predicted octanol–water partition coefficient (Wildman–Crippen LogP) is 1.57. The molecule has 2 N–H and O–H groups in total. The van der Waals surface area contributed by atoms with E-state index in [-0.39, 0.29) is 11.4 Å². The van der Waals surface area contributed by atoms with Crippen molar-refractivity contribution in [3.63, 3.8) is 0 Å². The van der Waals surface area contributed by atoms with E-state index in [0.717, 1.165) is 12.0 Å². The lowest BCUT2D eigenvalue weighted by atomic mass is 10.2. The molecule has 0 saturated carbocycles. The molecule has 6 nitrogen and oxygen atoms in total. The molecule has 0 bridgehead atoms. The van der Waals surface area contributed by atoms with Crippen molar-refractivity contribution in [2.24, 2.45) is 0 Å². The van der Waals surface area contributed by atoms with Crippen LogP contribution in [0.2, 0.25) is 0 Å². The smallest absolute Gasteiger partial charge is 0.327 e.